The Morgan fingerprint density at radius 2 is 2.10 bits per heavy atom. The van der Waals surface area contributed by atoms with Gasteiger partial charge < -0.3 is 4.90 Å². The van der Waals surface area contributed by atoms with Crippen molar-refractivity contribution in [3.8, 4) is 0 Å². The maximum atomic E-state index is 12.8. The van der Waals surface area contributed by atoms with E-state index < -0.39 is 0 Å². The third kappa shape index (κ3) is 3.07. The molecule has 1 aliphatic heterocycles. The highest BCUT2D eigenvalue weighted by Crippen LogP contribution is 2.39. The van der Waals surface area contributed by atoms with Crippen LogP contribution in [0.2, 0.25) is 5.02 Å². The summed E-state index contributed by atoms with van der Waals surface area (Å²) in [6.45, 7) is 0.772. The fourth-order valence-corrected chi connectivity index (χ4v) is 5.76. The van der Waals surface area contributed by atoms with E-state index in [1.807, 2.05) is 35.2 Å². The van der Waals surface area contributed by atoms with Gasteiger partial charge in [0.05, 0.1) is 19.2 Å². The van der Waals surface area contributed by atoms with Gasteiger partial charge in [-0.2, -0.15) is 0 Å². The fourth-order valence-electron chi connectivity index (χ4n) is 2.72. The minimum Gasteiger partial charge on any atom is -0.331 e. The number of hydrogen-bond donors (Lipinski definition) is 0. The van der Waals surface area contributed by atoms with Gasteiger partial charge in [0.15, 0.2) is 0 Å². The number of benzene rings is 1. The van der Waals surface area contributed by atoms with Crippen molar-refractivity contribution in [1.82, 2.24) is 4.90 Å². The van der Waals surface area contributed by atoms with Crippen molar-refractivity contribution >= 4 is 60.7 Å². The van der Waals surface area contributed by atoms with Crippen molar-refractivity contribution < 1.29 is 4.79 Å². The molecular weight excluding hydrogens is 437 g/mol. The van der Waals surface area contributed by atoms with Crippen LogP contribution in [0.5, 0.6) is 0 Å². The van der Waals surface area contributed by atoms with Gasteiger partial charge in [-0.1, -0.05) is 29.8 Å². The molecule has 1 aromatic heterocycles. The van der Waals surface area contributed by atoms with E-state index in [0.717, 1.165) is 37.5 Å². The van der Waals surface area contributed by atoms with Crippen LogP contribution in [-0.2, 0) is 0 Å². The highest BCUT2D eigenvalue weighted by atomic mass is 79.9. The molecule has 2 nitrogen and oxygen atoms in total. The zero-order valence-corrected chi connectivity index (χ0v) is 15.7. The first-order valence-corrected chi connectivity index (χ1v) is 9.36. The summed E-state index contributed by atoms with van der Waals surface area (Å²) in [6.07, 6.45) is 1.96. The molecule has 1 amide bonds. The van der Waals surface area contributed by atoms with Crippen molar-refractivity contribution in [2.45, 2.75) is 18.9 Å². The van der Waals surface area contributed by atoms with Crippen molar-refractivity contribution in [2.75, 3.05) is 6.54 Å². The molecule has 0 aliphatic carbocycles. The average molecular weight is 450 g/mol. The minimum atomic E-state index is 0.0613. The number of halogens is 3. The smallest absolute Gasteiger partial charge is 0.256 e. The molecule has 0 spiro atoms. The summed E-state index contributed by atoms with van der Waals surface area (Å²) in [6, 6.07) is 9.72. The van der Waals surface area contributed by atoms with Gasteiger partial charge in [-0.3, -0.25) is 4.79 Å². The summed E-state index contributed by atoms with van der Waals surface area (Å²) in [5.74, 6) is 0.0613. The molecule has 0 N–H and O–H groups in total. The van der Waals surface area contributed by atoms with Gasteiger partial charge in [-0.15, -0.1) is 11.3 Å². The van der Waals surface area contributed by atoms with Gasteiger partial charge in [0.2, 0.25) is 0 Å². The largest absolute Gasteiger partial charge is 0.331 e. The van der Waals surface area contributed by atoms with E-state index in [-0.39, 0.29) is 11.9 Å². The lowest BCUT2D eigenvalue weighted by Gasteiger charge is -2.25. The number of likely N-dealkylation sites (tertiary alicyclic amines) is 1. The molecule has 2 heterocycles. The van der Waals surface area contributed by atoms with E-state index in [1.165, 1.54) is 11.3 Å². The van der Waals surface area contributed by atoms with Crippen LogP contribution >= 0.6 is 54.8 Å². The highest BCUT2D eigenvalue weighted by molar-refractivity contribution is 9.12. The van der Waals surface area contributed by atoms with Crippen LogP contribution in [0.15, 0.2) is 37.9 Å². The van der Waals surface area contributed by atoms with Crippen LogP contribution < -0.4 is 0 Å². The molecule has 6 heteroatoms. The SMILES string of the molecule is O=C(c1cc(Br)sc1Br)N1CCCC1c1ccccc1Cl. The first kappa shape index (κ1) is 15.5. The lowest BCUT2D eigenvalue weighted by atomic mass is 10.0. The van der Waals surface area contributed by atoms with Crippen molar-refractivity contribution in [3.05, 3.63) is 54.1 Å². The molecule has 0 bridgehead atoms. The Labute approximate surface area is 149 Å². The minimum absolute atomic E-state index is 0.0613. The average Bonchev–Trinajstić information content (AvgIpc) is 3.05. The van der Waals surface area contributed by atoms with Crippen molar-refractivity contribution in [1.29, 1.82) is 0 Å². The number of thiophene rings is 1. The summed E-state index contributed by atoms with van der Waals surface area (Å²) >= 11 is 14.7. The van der Waals surface area contributed by atoms with E-state index in [2.05, 4.69) is 31.9 Å². The Hall–Kier alpha value is -0.360. The van der Waals surface area contributed by atoms with Crippen LogP contribution in [0.4, 0.5) is 0 Å². The van der Waals surface area contributed by atoms with Crippen LogP contribution in [0, 0.1) is 0 Å². The predicted octanol–water partition coefficient (Wildman–Crippen LogP) is 5.90. The maximum absolute atomic E-state index is 12.8. The summed E-state index contributed by atoms with van der Waals surface area (Å²) < 4.78 is 1.82. The van der Waals surface area contributed by atoms with Gasteiger partial charge in [0, 0.05) is 11.6 Å². The van der Waals surface area contributed by atoms with Crippen molar-refractivity contribution in [3.63, 3.8) is 0 Å². The molecule has 1 aromatic carbocycles. The summed E-state index contributed by atoms with van der Waals surface area (Å²) in [5.41, 5.74) is 1.75. The van der Waals surface area contributed by atoms with Gasteiger partial charge in [-0.25, -0.2) is 0 Å². The van der Waals surface area contributed by atoms with Gasteiger partial charge >= 0.3 is 0 Å². The fraction of sp³-hybridized carbons (Fsp3) is 0.267. The second kappa shape index (κ2) is 6.41. The number of carbonyl (C=O) groups is 1. The standard InChI is InChI=1S/C15H12Br2ClNOS/c16-13-8-10(14(17)21-13)15(20)19-7-3-6-12(19)9-4-1-2-5-11(9)18/h1-2,4-5,8,12H,3,6-7H2. The molecule has 1 saturated heterocycles. The number of carbonyl (C=O) groups excluding carboxylic acids is 1. The maximum Gasteiger partial charge on any atom is 0.256 e. The Bertz CT molecular complexity index is 688. The van der Waals surface area contributed by atoms with Crippen LogP contribution in [0.3, 0.4) is 0 Å². The first-order chi connectivity index (χ1) is 10.1. The van der Waals surface area contributed by atoms with Crippen LogP contribution in [-0.4, -0.2) is 17.4 Å². The Morgan fingerprint density at radius 1 is 1.33 bits per heavy atom. The summed E-state index contributed by atoms with van der Waals surface area (Å²) in [5, 5.41) is 0.729. The number of amides is 1. The van der Waals surface area contributed by atoms with Gasteiger partial charge in [0.1, 0.15) is 0 Å². The lowest BCUT2D eigenvalue weighted by molar-refractivity contribution is 0.0735. The predicted molar refractivity (Wildman–Crippen MR) is 94.2 cm³/mol. The van der Waals surface area contributed by atoms with E-state index in [4.69, 9.17) is 11.6 Å². The van der Waals surface area contributed by atoms with Crippen LogP contribution in [0.25, 0.3) is 0 Å². The van der Waals surface area contributed by atoms with Gasteiger partial charge in [-0.05, 0) is 62.4 Å². The monoisotopic (exact) mass is 447 g/mol. The quantitative estimate of drug-likeness (QED) is 0.559. The van der Waals surface area contributed by atoms with E-state index in [1.54, 1.807) is 0 Å². The molecule has 21 heavy (non-hydrogen) atoms. The van der Waals surface area contributed by atoms with Crippen LogP contribution in [0.1, 0.15) is 34.8 Å². The number of nitrogens with zero attached hydrogens (tertiary/aromatic N) is 1. The second-order valence-corrected chi connectivity index (χ2v) is 9.07. The summed E-state index contributed by atoms with van der Waals surface area (Å²) in [7, 11) is 0. The topological polar surface area (TPSA) is 20.3 Å². The third-order valence-corrected chi connectivity index (χ3v) is 6.35. The molecule has 1 aliphatic rings. The summed E-state index contributed by atoms with van der Waals surface area (Å²) in [4.78, 5) is 14.7. The molecule has 110 valence electrons. The normalized spacial score (nSPS) is 18.2. The molecule has 1 unspecified atom stereocenters. The Morgan fingerprint density at radius 3 is 2.76 bits per heavy atom. The Balaban J connectivity index is 1.93. The van der Waals surface area contributed by atoms with Gasteiger partial charge in [0.25, 0.3) is 5.91 Å². The Kier molecular flexibility index (Phi) is 4.74. The van der Waals surface area contributed by atoms with E-state index in [9.17, 15) is 4.79 Å². The molecular formula is C15H12Br2ClNOS. The third-order valence-electron chi connectivity index (χ3n) is 3.66. The lowest BCUT2D eigenvalue weighted by Crippen LogP contribution is -2.30. The molecule has 3 rings (SSSR count). The van der Waals surface area contributed by atoms with Crippen molar-refractivity contribution in [2.24, 2.45) is 0 Å². The molecule has 0 radical (unpaired) electrons. The molecule has 0 saturated carbocycles. The molecule has 1 atom stereocenters. The zero-order valence-electron chi connectivity index (χ0n) is 11.0. The second-order valence-electron chi connectivity index (χ2n) is 4.92. The highest BCUT2D eigenvalue weighted by Gasteiger charge is 2.32. The molecule has 2 aromatic rings. The number of hydrogen-bond acceptors (Lipinski definition) is 2. The first-order valence-electron chi connectivity index (χ1n) is 6.58. The number of rotatable bonds is 2. The van der Waals surface area contributed by atoms with E-state index in [0.29, 0.717) is 5.56 Å². The molecule has 1 fully saturated rings. The van der Waals surface area contributed by atoms with E-state index >= 15 is 0 Å². The zero-order chi connectivity index (χ0) is 15.0.